The summed E-state index contributed by atoms with van der Waals surface area (Å²) in [5, 5.41) is 14.2. The van der Waals surface area contributed by atoms with E-state index in [1.165, 1.54) is 0 Å². The zero-order valence-corrected chi connectivity index (χ0v) is 16.7. The minimum Gasteiger partial charge on any atom is -0.444 e. The predicted molar refractivity (Wildman–Crippen MR) is 106 cm³/mol. The van der Waals surface area contributed by atoms with Gasteiger partial charge in [-0.15, -0.1) is 10.2 Å². The van der Waals surface area contributed by atoms with Gasteiger partial charge in [0.25, 0.3) is 0 Å². The van der Waals surface area contributed by atoms with E-state index in [-0.39, 0.29) is 6.09 Å². The van der Waals surface area contributed by atoms with Gasteiger partial charge >= 0.3 is 6.09 Å². The van der Waals surface area contributed by atoms with Gasteiger partial charge in [0.15, 0.2) is 11.0 Å². The lowest BCUT2D eigenvalue weighted by molar-refractivity contribution is 0.0280. The summed E-state index contributed by atoms with van der Waals surface area (Å²) < 4.78 is 5.51. The van der Waals surface area contributed by atoms with Crippen molar-refractivity contribution in [2.24, 2.45) is 11.8 Å². The Balaban J connectivity index is 1.40. The van der Waals surface area contributed by atoms with Crippen LogP contribution in [-0.4, -0.2) is 45.9 Å². The van der Waals surface area contributed by atoms with Crippen molar-refractivity contribution in [2.45, 2.75) is 45.3 Å². The Morgan fingerprint density at radius 3 is 2.41 bits per heavy atom. The van der Waals surface area contributed by atoms with Crippen molar-refractivity contribution in [3.63, 3.8) is 0 Å². The average molecular weight is 389 g/mol. The number of aromatic nitrogens is 2. The van der Waals surface area contributed by atoms with E-state index < -0.39 is 5.60 Å². The van der Waals surface area contributed by atoms with Crippen LogP contribution in [0.1, 0.15) is 33.6 Å². The summed E-state index contributed by atoms with van der Waals surface area (Å²) in [5.74, 6) is 1.78. The fourth-order valence-electron chi connectivity index (χ4n) is 4.26. The van der Waals surface area contributed by atoms with Crippen LogP contribution in [0.4, 0.5) is 10.6 Å². The number of nitrogens with zero attached hydrogens (tertiary/aromatic N) is 3. The van der Waals surface area contributed by atoms with Gasteiger partial charge in [-0.05, 0) is 45.4 Å². The second-order valence-electron chi connectivity index (χ2n) is 8.60. The second-order valence-corrected chi connectivity index (χ2v) is 8.96. The lowest BCUT2D eigenvalue weighted by Crippen LogP contribution is -2.36. The molecule has 27 heavy (non-hydrogen) atoms. The molecule has 0 spiro atoms. The largest absolute Gasteiger partial charge is 0.444 e. The van der Waals surface area contributed by atoms with Crippen molar-refractivity contribution in [3.8, 4) is 0 Å². The number of carbonyl (C=O) groups excluding carboxylic acids is 1. The molecule has 1 aliphatic carbocycles. The molecule has 6 nitrogen and oxygen atoms in total. The monoisotopic (exact) mass is 388 g/mol. The van der Waals surface area contributed by atoms with Gasteiger partial charge in [0.05, 0.1) is 0 Å². The molecule has 2 fully saturated rings. The number of hydrogen-bond acceptors (Lipinski definition) is 5. The molecular weight excluding hydrogens is 364 g/mol. The Labute approximate surface area is 164 Å². The number of nitrogens with one attached hydrogen (secondary N) is 1. The summed E-state index contributed by atoms with van der Waals surface area (Å²) in [6, 6.07) is 8.23. The minimum absolute atomic E-state index is 0.198. The molecule has 2 heterocycles. The molecule has 3 atom stereocenters. The number of fused-ring (bicyclic) bond motifs is 2. The summed E-state index contributed by atoms with van der Waals surface area (Å²) in [5.41, 5.74) is -0.451. The molecule has 1 aromatic heterocycles. The van der Waals surface area contributed by atoms with Gasteiger partial charge in [0, 0.05) is 29.9 Å². The smallest absolute Gasteiger partial charge is 0.410 e. The average Bonchev–Trinajstić information content (AvgIpc) is 3.15. The molecule has 0 bridgehead atoms. The number of amides is 1. The highest BCUT2D eigenvalue weighted by molar-refractivity contribution is 6.34. The number of likely N-dealkylation sites (tertiary alicyclic amines) is 1. The number of anilines is 1. The van der Waals surface area contributed by atoms with Crippen molar-refractivity contribution in [3.05, 3.63) is 29.4 Å². The minimum atomic E-state index is -0.451. The third kappa shape index (κ3) is 3.81. The molecule has 2 aromatic rings. The van der Waals surface area contributed by atoms with Crippen LogP contribution in [0.25, 0.3) is 10.8 Å². The fourth-order valence-corrected chi connectivity index (χ4v) is 4.47. The van der Waals surface area contributed by atoms with Crippen molar-refractivity contribution in [2.75, 3.05) is 18.4 Å². The van der Waals surface area contributed by atoms with Crippen LogP contribution in [0.3, 0.4) is 0 Å². The maximum atomic E-state index is 12.3. The van der Waals surface area contributed by atoms with Gasteiger partial charge in [-0.2, -0.15) is 0 Å². The molecule has 0 radical (unpaired) electrons. The number of benzene rings is 1. The molecule has 2 unspecified atom stereocenters. The van der Waals surface area contributed by atoms with Crippen LogP contribution in [0.15, 0.2) is 24.3 Å². The van der Waals surface area contributed by atoms with E-state index in [0.717, 1.165) is 42.5 Å². The van der Waals surface area contributed by atoms with Gasteiger partial charge < -0.3 is 15.0 Å². The SMILES string of the molecule is CC(C)(C)OC(=O)N1CC2CC(Nc3nnc(Cl)c4ccccc34)C[C@@H]2C1. The van der Waals surface area contributed by atoms with Crippen LogP contribution >= 0.6 is 11.6 Å². The van der Waals surface area contributed by atoms with Crippen LogP contribution in [0.2, 0.25) is 5.15 Å². The maximum absolute atomic E-state index is 12.3. The van der Waals surface area contributed by atoms with E-state index in [9.17, 15) is 4.79 Å². The van der Waals surface area contributed by atoms with Gasteiger partial charge in [-0.1, -0.05) is 35.9 Å². The first kappa shape index (κ1) is 18.3. The van der Waals surface area contributed by atoms with E-state index in [1.54, 1.807) is 0 Å². The summed E-state index contributed by atoms with van der Waals surface area (Å²) in [7, 11) is 0. The normalized spacial score (nSPS) is 24.9. The Morgan fingerprint density at radius 1 is 1.15 bits per heavy atom. The molecule has 7 heteroatoms. The van der Waals surface area contributed by atoms with Crippen LogP contribution in [0.5, 0.6) is 0 Å². The molecule has 1 N–H and O–H groups in total. The quantitative estimate of drug-likeness (QED) is 0.828. The highest BCUT2D eigenvalue weighted by Crippen LogP contribution is 2.40. The fraction of sp³-hybridized carbons (Fsp3) is 0.550. The number of ether oxygens (including phenoxy) is 1. The second kappa shape index (κ2) is 6.82. The van der Waals surface area contributed by atoms with Crippen molar-refractivity contribution in [1.29, 1.82) is 0 Å². The highest BCUT2D eigenvalue weighted by atomic mass is 35.5. The molecule has 1 saturated carbocycles. The molecule has 1 saturated heterocycles. The van der Waals surface area contributed by atoms with Crippen LogP contribution in [0, 0.1) is 11.8 Å². The molecule has 1 aliphatic heterocycles. The van der Waals surface area contributed by atoms with Gasteiger partial charge in [0.2, 0.25) is 0 Å². The third-order valence-electron chi connectivity index (χ3n) is 5.39. The lowest BCUT2D eigenvalue weighted by Gasteiger charge is -2.25. The third-order valence-corrected chi connectivity index (χ3v) is 5.66. The molecular formula is C20H25ClN4O2. The lowest BCUT2D eigenvalue weighted by atomic mass is 10.0. The van der Waals surface area contributed by atoms with Gasteiger partial charge in [-0.25, -0.2) is 4.79 Å². The summed E-state index contributed by atoms with van der Waals surface area (Å²) >= 11 is 6.16. The van der Waals surface area contributed by atoms with E-state index in [0.29, 0.717) is 23.0 Å². The highest BCUT2D eigenvalue weighted by Gasteiger charge is 2.43. The number of rotatable bonds is 2. The van der Waals surface area contributed by atoms with Gasteiger partial charge in [-0.3, -0.25) is 0 Å². The van der Waals surface area contributed by atoms with E-state index in [4.69, 9.17) is 16.3 Å². The summed E-state index contributed by atoms with van der Waals surface area (Å²) in [6.45, 7) is 7.24. The van der Waals surface area contributed by atoms with Gasteiger partial charge in [0.1, 0.15) is 5.60 Å². The summed E-state index contributed by atoms with van der Waals surface area (Å²) in [6.07, 6.45) is 1.83. The number of hydrogen-bond donors (Lipinski definition) is 1. The van der Waals surface area contributed by atoms with Crippen LogP contribution in [-0.2, 0) is 4.74 Å². The topological polar surface area (TPSA) is 67.3 Å². The Morgan fingerprint density at radius 2 is 1.78 bits per heavy atom. The zero-order valence-electron chi connectivity index (χ0n) is 15.9. The van der Waals surface area contributed by atoms with Crippen LogP contribution < -0.4 is 5.32 Å². The maximum Gasteiger partial charge on any atom is 0.410 e. The Kier molecular flexibility index (Phi) is 4.62. The molecule has 1 amide bonds. The standard InChI is InChI=1S/C20H25ClN4O2/c1-20(2,3)27-19(26)25-10-12-8-14(9-13(12)11-25)22-18-16-7-5-4-6-15(16)17(21)23-24-18/h4-7,12-14H,8-11H2,1-3H3,(H,22,24)/t12-,13?,14?/m1/s1. The van der Waals surface area contributed by atoms with Crippen molar-refractivity contribution < 1.29 is 9.53 Å². The molecule has 1 aromatic carbocycles. The summed E-state index contributed by atoms with van der Waals surface area (Å²) in [4.78, 5) is 14.2. The zero-order chi connectivity index (χ0) is 19.2. The van der Waals surface area contributed by atoms with Crippen molar-refractivity contribution >= 4 is 34.3 Å². The van der Waals surface area contributed by atoms with E-state index >= 15 is 0 Å². The number of carbonyl (C=O) groups is 1. The molecule has 4 rings (SSSR count). The Bertz CT molecular complexity index is 853. The van der Waals surface area contributed by atoms with Crippen molar-refractivity contribution in [1.82, 2.24) is 15.1 Å². The number of halogens is 1. The van der Waals surface area contributed by atoms with E-state index in [2.05, 4.69) is 15.5 Å². The predicted octanol–water partition coefficient (Wildman–Crippen LogP) is 4.34. The first-order valence-electron chi connectivity index (χ1n) is 9.45. The molecule has 144 valence electrons. The molecule has 2 aliphatic rings. The first-order chi connectivity index (χ1) is 12.8. The Hall–Kier alpha value is -2.08. The van der Waals surface area contributed by atoms with E-state index in [1.807, 2.05) is 49.9 Å². The first-order valence-corrected chi connectivity index (χ1v) is 9.83.